The van der Waals surface area contributed by atoms with Gasteiger partial charge in [-0.3, -0.25) is 4.79 Å². The van der Waals surface area contributed by atoms with Crippen LogP contribution >= 0.6 is 0 Å². The second-order valence-electron chi connectivity index (χ2n) is 9.15. The summed E-state index contributed by atoms with van der Waals surface area (Å²) in [7, 11) is 0. The Labute approximate surface area is 217 Å². The number of fused-ring (bicyclic) bond motifs is 8. The Hall–Kier alpha value is -3.93. The van der Waals surface area contributed by atoms with E-state index in [1.165, 1.54) is 0 Å². The maximum Gasteiger partial charge on any atom is 0.189 e. The quantitative estimate of drug-likeness (QED) is 0.269. The number of nitrogens with zero attached hydrogens (tertiary/aromatic N) is 4. The fraction of sp³-hybridized carbons (Fsp3) is 0.323. The van der Waals surface area contributed by atoms with Crippen molar-refractivity contribution in [2.75, 3.05) is 0 Å². The Morgan fingerprint density at radius 3 is 1.49 bits per heavy atom. The van der Waals surface area contributed by atoms with E-state index in [9.17, 15) is 4.79 Å². The molecule has 5 aromatic heterocycles. The van der Waals surface area contributed by atoms with Crippen LogP contribution in [0.4, 0.5) is 0 Å². The zero-order valence-corrected chi connectivity index (χ0v) is 22.5. The molecule has 0 aromatic carbocycles. The van der Waals surface area contributed by atoms with E-state index in [1.54, 1.807) is 0 Å². The van der Waals surface area contributed by atoms with Crippen molar-refractivity contribution in [3.05, 3.63) is 80.3 Å². The first-order valence-electron chi connectivity index (χ1n) is 13.4. The number of nitrogens with one attached hydrogen (secondary N) is 1. The largest absolute Gasteiger partial charge is 0.351 e. The van der Waals surface area contributed by atoms with Gasteiger partial charge in [0.15, 0.2) is 16.7 Å². The Kier molecular flexibility index (Phi) is 6.59. The van der Waals surface area contributed by atoms with Crippen molar-refractivity contribution in [3.63, 3.8) is 0 Å². The van der Waals surface area contributed by atoms with E-state index in [0.717, 1.165) is 92.9 Å². The number of pyridine rings is 5. The molecule has 2 aliphatic rings. The van der Waals surface area contributed by atoms with Gasteiger partial charge in [0.1, 0.15) is 0 Å². The lowest BCUT2D eigenvalue weighted by atomic mass is 9.86. The fourth-order valence-corrected chi connectivity index (χ4v) is 5.28. The second kappa shape index (κ2) is 9.85. The van der Waals surface area contributed by atoms with Gasteiger partial charge in [-0.05, 0) is 87.1 Å². The first-order chi connectivity index (χ1) is 18.0. The summed E-state index contributed by atoms with van der Waals surface area (Å²) in [4.78, 5) is 36.3. The lowest BCUT2D eigenvalue weighted by Gasteiger charge is -2.24. The number of hydrogen-bond acceptors (Lipinski definition) is 5. The fourth-order valence-electron chi connectivity index (χ4n) is 5.28. The van der Waals surface area contributed by atoms with Gasteiger partial charge in [-0.25, -0.2) is 19.9 Å². The zero-order chi connectivity index (χ0) is 26.3. The number of rotatable bonds is 0. The van der Waals surface area contributed by atoms with E-state index in [2.05, 4.69) is 39.2 Å². The van der Waals surface area contributed by atoms with E-state index < -0.39 is 0 Å². The summed E-state index contributed by atoms with van der Waals surface area (Å²) in [6.45, 7) is 11.9. The van der Waals surface area contributed by atoms with Gasteiger partial charge in [0, 0.05) is 33.3 Å². The molecule has 0 saturated carbocycles. The summed E-state index contributed by atoms with van der Waals surface area (Å²) in [5, 5.41) is 2.06. The van der Waals surface area contributed by atoms with Crippen LogP contribution in [0, 0.1) is 13.8 Å². The van der Waals surface area contributed by atoms with E-state index in [4.69, 9.17) is 9.97 Å². The minimum atomic E-state index is 0.133. The van der Waals surface area contributed by atoms with E-state index in [0.29, 0.717) is 11.3 Å². The maximum absolute atomic E-state index is 13.6. The first-order valence-corrected chi connectivity index (χ1v) is 13.4. The standard InChI is InChI=1S/C27H21N5O.2C2H6/c1-13-3-5-17-11-15-7-9-19-23(21(15)31-26(17)28-13)30-24-20(25(19)33)10-8-16-12-18-6-4-14(2)29-27(18)32-22(16)24;2*1-2/h3-6,11-12H,7-10H2,1-2H3,(H,30,33);2*1-2H3. The molecule has 0 spiro atoms. The molecule has 0 radical (unpaired) electrons. The Morgan fingerprint density at radius 1 is 0.622 bits per heavy atom. The van der Waals surface area contributed by atoms with Crippen LogP contribution in [-0.2, 0) is 25.7 Å². The van der Waals surface area contributed by atoms with Gasteiger partial charge in [0.05, 0.1) is 22.8 Å². The van der Waals surface area contributed by atoms with Crippen molar-refractivity contribution < 1.29 is 0 Å². The number of aromatic amines is 1. The molecule has 7 rings (SSSR count). The molecule has 6 nitrogen and oxygen atoms in total. The molecule has 5 heterocycles. The molecule has 1 N–H and O–H groups in total. The van der Waals surface area contributed by atoms with Gasteiger partial charge in [-0.1, -0.05) is 27.7 Å². The van der Waals surface area contributed by atoms with Crippen molar-refractivity contribution in [2.45, 2.75) is 67.2 Å². The summed E-state index contributed by atoms with van der Waals surface area (Å²) in [6, 6.07) is 12.5. The summed E-state index contributed by atoms with van der Waals surface area (Å²) in [6.07, 6.45) is 3.06. The average Bonchev–Trinajstić information content (AvgIpc) is 2.93. The van der Waals surface area contributed by atoms with Gasteiger partial charge < -0.3 is 4.98 Å². The van der Waals surface area contributed by atoms with Gasteiger partial charge in [-0.15, -0.1) is 0 Å². The Balaban J connectivity index is 0.000000670. The average molecular weight is 492 g/mol. The predicted octanol–water partition coefficient (Wildman–Crippen LogP) is 6.46. The Bertz CT molecular complexity index is 1600. The van der Waals surface area contributed by atoms with Crippen molar-refractivity contribution in [1.82, 2.24) is 24.9 Å². The third kappa shape index (κ3) is 4.10. The van der Waals surface area contributed by atoms with Crippen LogP contribution in [0.2, 0.25) is 0 Å². The van der Waals surface area contributed by atoms with Crippen LogP contribution in [0.3, 0.4) is 0 Å². The molecule has 0 aliphatic heterocycles. The van der Waals surface area contributed by atoms with E-state index >= 15 is 0 Å². The number of aryl methyl sites for hydroxylation is 4. The molecule has 0 amide bonds. The summed E-state index contributed by atoms with van der Waals surface area (Å²) in [5.41, 5.74) is 10.7. The van der Waals surface area contributed by atoms with Gasteiger partial charge in [-0.2, -0.15) is 0 Å². The molecular weight excluding hydrogens is 458 g/mol. The van der Waals surface area contributed by atoms with Crippen LogP contribution in [0.5, 0.6) is 0 Å². The van der Waals surface area contributed by atoms with Crippen molar-refractivity contribution in [2.24, 2.45) is 0 Å². The number of hydrogen-bond donors (Lipinski definition) is 1. The molecule has 0 saturated heterocycles. The van der Waals surface area contributed by atoms with Crippen LogP contribution < -0.4 is 5.43 Å². The van der Waals surface area contributed by atoms with Gasteiger partial charge >= 0.3 is 0 Å². The van der Waals surface area contributed by atoms with E-state index in [1.807, 2.05) is 53.7 Å². The van der Waals surface area contributed by atoms with Crippen molar-refractivity contribution in [3.8, 4) is 22.8 Å². The molecule has 0 fully saturated rings. The normalized spacial score (nSPS) is 12.8. The molecule has 188 valence electrons. The second-order valence-corrected chi connectivity index (χ2v) is 9.15. The monoisotopic (exact) mass is 491 g/mol. The molecule has 2 aliphatic carbocycles. The number of H-pyrrole nitrogens is 1. The molecule has 5 aromatic rings. The lowest BCUT2D eigenvalue weighted by Crippen LogP contribution is -2.25. The molecular formula is C31H33N5O. The zero-order valence-electron chi connectivity index (χ0n) is 22.5. The van der Waals surface area contributed by atoms with Crippen LogP contribution in [-0.4, -0.2) is 24.9 Å². The first kappa shape index (κ1) is 24.8. The van der Waals surface area contributed by atoms with Crippen LogP contribution in [0.25, 0.3) is 44.8 Å². The van der Waals surface area contributed by atoms with Gasteiger partial charge in [0.25, 0.3) is 0 Å². The summed E-state index contributed by atoms with van der Waals surface area (Å²) < 4.78 is 0. The third-order valence-corrected chi connectivity index (χ3v) is 6.96. The van der Waals surface area contributed by atoms with E-state index in [-0.39, 0.29) is 5.43 Å². The maximum atomic E-state index is 13.6. The summed E-state index contributed by atoms with van der Waals surface area (Å²) >= 11 is 0. The highest BCUT2D eigenvalue weighted by molar-refractivity contribution is 5.84. The highest BCUT2D eigenvalue weighted by Gasteiger charge is 2.29. The third-order valence-electron chi connectivity index (χ3n) is 6.96. The molecule has 37 heavy (non-hydrogen) atoms. The highest BCUT2D eigenvalue weighted by atomic mass is 16.1. The van der Waals surface area contributed by atoms with Crippen LogP contribution in [0.15, 0.2) is 41.2 Å². The smallest absolute Gasteiger partial charge is 0.189 e. The van der Waals surface area contributed by atoms with Crippen molar-refractivity contribution >= 4 is 22.1 Å². The number of aromatic nitrogens is 5. The predicted molar refractivity (Wildman–Crippen MR) is 151 cm³/mol. The molecule has 0 unspecified atom stereocenters. The topological polar surface area (TPSA) is 84.4 Å². The molecule has 0 bridgehead atoms. The summed E-state index contributed by atoms with van der Waals surface area (Å²) in [5.74, 6) is 0. The van der Waals surface area contributed by atoms with Gasteiger partial charge in [0.2, 0.25) is 0 Å². The highest BCUT2D eigenvalue weighted by Crippen LogP contribution is 2.37. The minimum absolute atomic E-state index is 0.133. The molecule has 0 atom stereocenters. The van der Waals surface area contributed by atoms with Crippen LogP contribution in [0.1, 0.15) is 61.3 Å². The minimum Gasteiger partial charge on any atom is -0.351 e. The SMILES string of the molecule is CC.CC.Cc1ccc2cc3c(nc2n1)-c1[nH]c2c(c(=O)c1CC3)CCc1cc3ccc(C)nc3nc1-2. The Morgan fingerprint density at radius 2 is 1.05 bits per heavy atom. The molecule has 6 heteroatoms. The van der Waals surface area contributed by atoms with Crippen molar-refractivity contribution in [1.29, 1.82) is 0 Å². The lowest BCUT2D eigenvalue weighted by molar-refractivity contribution is 0.862.